The van der Waals surface area contributed by atoms with E-state index in [-0.39, 0.29) is 6.10 Å². The van der Waals surface area contributed by atoms with Gasteiger partial charge in [-0.15, -0.1) is 0 Å². The van der Waals surface area contributed by atoms with Crippen molar-refractivity contribution in [2.75, 3.05) is 0 Å². The third-order valence-electron chi connectivity index (χ3n) is 12.4. The van der Waals surface area contributed by atoms with E-state index in [0.29, 0.717) is 10.8 Å². The first kappa shape index (κ1) is 23.4. The Balaban J connectivity index is 1.31. The first-order valence-corrected chi connectivity index (χ1v) is 14.6. The Kier molecular flexibility index (Phi) is 6.17. The Morgan fingerprint density at radius 2 is 1.78 bits per heavy atom. The molecule has 0 aliphatic heterocycles. The Morgan fingerprint density at radius 1 is 1.00 bits per heavy atom. The molecule has 4 fully saturated rings. The second-order valence-corrected chi connectivity index (χ2v) is 14.0. The molecule has 0 saturated heterocycles. The van der Waals surface area contributed by atoms with Crippen LogP contribution < -0.4 is 0 Å². The van der Waals surface area contributed by atoms with Crippen molar-refractivity contribution in [2.24, 2.45) is 64.1 Å². The maximum atomic E-state index is 10.3. The number of rotatable bonds is 6. The Labute approximate surface area is 199 Å². The lowest BCUT2D eigenvalue weighted by Gasteiger charge is -2.58. The summed E-state index contributed by atoms with van der Waals surface area (Å²) in [4.78, 5) is 0. The topological polar surface area (TPSA) is 20.2 Å². The summed E-state index contributed by atoms with van der Waals surface area (Å²) in [5, 5.41) is 10.3. The van der Waals surface area contributed by atoms with Crippen LogP contribution in [0.15, 0.2) is 11.6 Å². The maximum absolute atomic E-state index is 10.3. The van der Waals surface area contributed by atoms with Gasteiger partial charge in [0.1, 0.15) is 0 Å². The van der Waals surface area contributed by atoms with Gasteiger partial charge in [-0.2, -0.15) is 0 Å². The van der Waals surface area contributed by atoms with Crippen molar-refractivity contribution >= 4 is 0 Å². The molecule has 5 aliphatic rings. The van der Waals surface area contributed by atoms with Gasteiger partial charge in [-0.1, -0.05) is 66.0 Å². The first-order chi connectivity index (χ1) is 15.2. The highest BCUT2D eigenvalue weighted by atomic mass is 16.3. The molecule has 1 nitrogen and oxygen atoms in total. The molecule has 4 saturated carbocycles. The molecule has 11 atom stereocenters. The largest absolute Gasteiger partial charge is 0.393 e. The second kappa shape index (κ2) is 8.42. The first-order valence-electron chi connectivity index (χ1n) is 14.6. The minimum Gasteiger partial charge on any atom is -0.393 e. The molecule has 0 aromatic heterocycles. The molecule has 0 spiro atoms. The second-order valence-electron chi connectivity index (χ2n) is 14.0. The normalized spacial score (nSPS) is 49.6. The van der Waals surface area contributed by atoms with Gasteiger partial charge in [0, 0.05) is 0 Å². The van der Waals surface area contributed by atoms with Crippen molar-refractivity contribution in [2.45, 2.75) is 118 Å². The molecular weight excluding hydrogens is 388 g/mol. The molecule has 182 valence electrons. The minimum absolute atomic E-state index is 0.0784. The van der Waals surface area contributed by atoms with E-state index in [9.17, 15) is 5.11 Å². The van der Waals surface area contributed by atoms with E-state index in [1.165, 1.54) is 57.8 Å². The average Bonchev–Trinajstić information content (AvgIpc) is 3.45. The highest BCUT2D eigenvalue weighted by Crippen LogP contribution is 2.69. The lowest BCUT2D eigenvalue weighted by molar-refractivity contribution is -0.0586. The summed E-state index contributed by atoms with van der Waals surface area (Å²) in [5.41, 5.74) is 2.60. The van der Waals surface area contributed by atoms with Gasteiger partial charge in [0.25, 0.3) is 0 Å². The van der Waals surface area contributed by atoms with Gasteiger partial charge in [-0.05, 0) is 122 Å². The van der Waals surface area contributed by atoms with Gasteiger partial charge in [0.2, 0.25) is 0 Å². The Hall–Kier alpha value is -0.300. The molecule has 0 heterocycles. The monoisotopic (exact) mass is 440 g/mol. The van der Waals surface area contributed by atoms with Crippen molar-refractivity contribution in [1.82, 2.24) is 0 Å². The zero-order valence-corrected chi connectivity index (χ0v) is 22.1. The van der Waals surface area contributed by atoms with Gasteiger partial charge in [-0.25, -0.2) is 0 Å². The van der Waals surface area contributed by atoms with Gasteiger partial charge in [0.05, 0.1) is 6.10 Å². The van der Waals surface area contributed by atoms with Crippen LogP contribution in [-0.4, -0.2) is 11.2 Å². The summed E-state index contributed by atoms with van der Waals surface area (Å²) in [6.07, 6.45) is 17.3. The van der Waals surface area contributed by atoms with Crippen LogP contribution >= 0.6 is 0 Å². The quantitative estimate of drug-likeness (QED) is 0.412. The molecule has 3 unspecified atom stereocenters. The fourth-order valence-electron chi connectivity index (χ4n) is 10.6. The number of aliphatic hydroxyl groups is 1. The van der Waals surface area contributed by atoms with E-state index >= 15 is 0 Å². The van der Waals surface area contributed by atoms with Crippen molar-refractivity contribution < 1.29 is 5.11 Å². The molecule has 0 aromatic rings. The van der Waals surface area contributed by atoms with E-state index in [4.69, 9.17) is 0 Å². The molecule has 0 amide bonds. The maximum Gasteiger partial charge on any atom is 0.0577 e. The van der Waals surface area contributed by atoms with Crippen LogP contribution in [0.25, 0.3) is 0 Å². The molecule has 5 rings (SSSR count). The molecule has 0 aromatic carbocycles. The molecule has 0 bridgehead atoms. The van der Waals surface area contributed by atoms with Crippen molar-refractivity contribution in [1.29, 1.82) is 0 Å². The summed E-state index contributed by atoms with van der Waals surface area (Å²) < 4.78 is 0. The van der Waals surface area contributed by atoms with Crippen LogP contribution in [0, 0.1) is 64.1 Å². The Morgan fingerprint density at radius 3 is 2.50 bits per heavy atom. The van der Waals surface area contributed by atoms with Crippen molar-refractivity contribution in [3.05, 3.63) is 11.6 Å². The smallest absolute Gasteiger partial charge is 0.0577 e. The summed E-state index contributed by atoms with van der Waals surface area (Å²) in [6.45, 7) is 15.3. The zero-order chi connectivity index (χ0) is 22.8. The number of aliphatic hydroxyl groups excluding tert-OH is 1. The molecule has 5 aliphatic carbocycles. The third-order valence-corrected chi connectivity index (χ3v) is 12.4. The third kappa shape index (κ3) is 3.58. The van der Waals surface area contributed by atoms with E-state index in [1.807, 2.05) is 0 Å². The lowest BCUT2D eigenvalue weighted by atomic mass is 9.47. The highest BCUT2D eigenvalue weighted by Gasteiger charge is 2.61. The van der Waals surface area contributed by atoms with Gasteiger partial charge >= 0.3 is 0 Å². The standard InChI is InChI=1S/C31H52O/c1-7-8-23(19(2)3)26-18-25(26)20(4)27-11-12-28-24-10-9-21-17-22(32)13-15-30(21,5)29(24)14-16-31(27,28)6/h9,19-20,22-29,32H,7-8,10-18H2,1-6H3/t20-,22+,23+,24?,25+,26+,27-,28?,29?,30+,31-/m1/s1. The number of fused-ring (bicyclic) bond motifs is 5. The van der Waals surface area contributed by atoms with Crippen molar-refractivity contribution in [3.8, 4) is 0 Å². The summed E-state index contributed by atoms with van der Waals surface area (Å²) in [7, 11) is 0. The fraction of sp³-hybridized carbons (Fsp3) is 0.935. The SMILES string of the molecule is CCC[C@@H](C(C)C)[C@@H]1C[C@H]1[C@@H](C)[C@H]1CCC2C3CC=C4C[C@@H](O)CC[C@]4(C)C3CC[C@@]21C. The van der Waals surface area contributed by atoms with E-state index in [0.717, 1.165) is 66.1 Å². The van der Waals surface area contributed by atoms with Gasteiger partial charge in [0.15, 0.2) is 0 Å². The van der Waals surface area contributed by atoms with E-state index in [1.54, 1.807) is 5.57 Å². The van der Waals surface area contributed by atoms with Gasteiger partial charge < -0.3 is 5.11 Å². The predicted molar refractivity (Wildman–Crippen MR) is 135 cm³/mol. The lowest BCUT2D eigenvalue weighted by Crippen LogP contribution is -2.51. The van der Waals surface area contributed by atoms with Crippen LogP contribution in [-0.2, 0) is 0 Å². The Bertz CT molecular complexity index is 722. The average molecular weight is 441 g/mol. The zero-order valence-electron chi connectivity index (χ0n) is 22.1. The summed E-state index contributed by atoms with van der Waals surface area (Å²) in [6, 6.07) is 0. The summed E-state index contributed by atoms with van der Waals surface area (Å²) in [5.74, 6) is 8.50. The van der Waals surface area contributed by atoms with Crippen LogP contribution in [0.2, 0.25) is 0 Å². The number of hydrogen-bond acceptors (Lipinski definition) is 1. The van der Waals surface area contributed by atoms with Gasteiger partial charge in [-0.3, -0.25) is 0 Å². The fourth-order valence-corrected chi connectivity index (χ4v) is 10.6. The highest BCUT2D eigenvalue weighted by molar-refractivity contribution is 5.25. The number of allylic oxidation sites excluding steroid dienone is 1. The van der Waals surface area contributed by atoms with Crippen LogP contribution in [0.1, 0.15) is 112 Å². The molecular formula is C31H52O. The summed E-state index contributed by atoms with van der Waals surface area (Å²) >= 11 is 0. The van der Waals surface area contributed by atoms with Crippen LogP contribution in [0.4, 0.5) is 0 Å². The van der Waals surface area contributed by atoms with E-state index in [2.05, 4.69) is 47.6 Å². The molecule has 0 radical (unpaired) electrons. The van der Waals surface area contributed by atoms with Crippen LogP contribution in [0.3, 0.4) is 0 Å². The molecule has 1 N–H and O–H groups in total. The predicted octanol–water partition coefficient (Wildman–Crippen LogP) is 8.27. The van der Waals surface area contributed by atoms with E-state index < -0.39 is 0 Å². The number of hydrogen-bond donors (Lipinski definition) is 1. The minimum atomic E-state index is -0.0784. The molecule has 1 heteroatoms. The molecule has 32 heavy (non-hydrogen) atoms. The van der Waals surface area contributed by atoms with Crippen LogP contribution in [0.5, 0.6) is 0 Å². The van der Waals surface area contributed by atoms with Crippen molar-refractivity contribution in [3.63, 3.8) is 0 Å².